The number of ether oxygens (including phenoxy) is 1. The summed E-state index contributed by atoms with van der Waals surface area (Å²) in [4.78, 5) is 40.6. The van der Waals surface area contributed by atoms with Gasteiger partial charge in [0.05, 0.1) is 29.5 Å². The largest absolute Gasteiger partial charge is 0.463 e. The number of halogens is 3. The van der Waals surface area contributed by atoms with Crippen LogP contribution in [0.4, 0.5) is 29.3 Å². The molecule has 1 heterocycles. The number of imide groups is 1. The predicted octanol–water partition coefficient (Wildman–Crippen LogP) is 3.94. The summed E-state index contributed by atoms with van der Waals surface area (Å²) >= 11 is 0. The lowest BCUT2D eigenvalue weighted by Gasteiger charge is -2.42. The van der Waals surface area contributed by atoms with Crippen molar-refractivity contribution in [2.45, 2.75) is 43.8 Å². The van der Waals surface area contributed by atoms with Crippen molar-refractivity contribution in [1.29, 1.82) is 5.26 Å². The van der Waals surface area contributed by atoms with Gasteiger partial charge in [0.15, 0.2) is 0 Å². The van der Waals surface area contributed by atoms with E-state index in [9.17, 15) is 27.6 Å². The van der Waals surface area contributed by atoms with Gasteiger partial charge < -0.3 is 9.84 Å². The molecule has 2 aromatic rings. The topological polar surface area (TPSA) is 111 Å². The second-order valence-corrected chi connectivity index (χ2v) is 8.59. The van der Waals surface area contributed by atoms with E-state index < -0.39 is 40.7 Å². The Morgan fingerprint density at radius 3 is 2.33 bits per heavy atom. The van der Waals surface area contributed by atoms with Crippen LogP contribution < -0.4 is 9.80 Å². The molecule has 0 aromatic heterocycles. The van der Waals surface area contributed by atoms with Gasteiger partial charge in [0.1, 0.15) is 12.1 Å². The van der Waals surface area contributed by atoms with Crippen molar-refractivity contribution in [2.75, 3.05) is 23.0 Å². The highest BCUT2D eigenvalue weighted by atomic mass is 19.4. The summed E-state index contributed by atoms with van der Waals surface area (Å²) in [7, 11) is 0. The molecule has 0 bridgehead atoms. The van der Waals surface area contributed by atoms with E-state index in [1.165, 1.54) is 17.0 Å². The van der Waals surface area contributed by atoms with Gasteiger partial charge in [-0.25, -0.2) is 9.69 Å². The molecular formula is C25H22F3N3O5. The Morgan fingerprint density at radius 1 is 1.11 bits per heavy atom. The molecule has 0 atom stereocenters. The van der Waals surface area contributed by atoms with Gasteiger partial charge in [0.25, 0.3) is 5.91 Å². The fourth-order valence-electron chi connectivity index (χ4n) is 4.50. The third kappa shape index (κ3) is 4.40. The molecule has 8 nitrogen and oxygen atoms in total. The molecule has 0 radical (unpaired) electrons. The first kappa shape index (κ1) is 25.2. The van der Waals surface area contributed by atoms with Crippen molar-refractivity contribution in [3.8, 4) is 6.07 Å². The maximum atomic E-state index is 13.5. The molecule has 1 aliphatic carbocycles. The number of aryl methyl sites for hydroxylation is 1. The van der Waals surface area contributed by atoms with Crippen molar-refractivity contribution in [1.82, 2.24) is 0 Å². The van der Waals surface area contributed by atoms with Crippen LogP contribution in [-0.2, 0) is 26.9 Å². The monoisotopic (exact) mass is 501 g/mol. The third-order valence-electron chi connectivity index (χ3n) is 6.45. The van der Waals surface area contributed by atoms with Gasteiger partial charge in [-0.2, -0.15) is 18.4 Å². The maximum Gasteiger partial charge on any atom is 0.417 e. The number of rotatable bonds is 7. The van der Waals surface area contributed by atoms with Gasteiger partial charge >= 0.3 is 18.2 Å². The van der Waals surface area contributed by atoms with Crippen molar-refractivity contribution in [3.05, 3.63) is 59.2 Å². The van der Waals surface area contributed by atoms with Gasteiger partial charge in [0, 0.05) is 12.1 Å². The molecule has 3 amide bonds. The number of nitrogens with zero attached hydrogens (tertiary/aromatic N) is 3. The molecule has 11 heteroatoms. The molecule has 2 fully saturated rings. The van der Waals surface area contributed by atoms with Gasteiger partial charge in [0.2, 0.25) is 0 Å². The number of aliphatic hydroxyl groups excluding tert-OH is 1. The number of aliphatic hydroxyl groups is 1. The lowest BCUT2D eigenvalue weighted by molar-refractivity contribution is -0.144. The molecule has 2 aliphatic rings. The molecule has 1 saturated heterocycles. The van der Waals surface area contributed by atoms with Crippen molar-refractivity contribution in [2.24, 2.45) is 0 Å². The third-order valence-corrected chi connectivity index (χ3v) is 6.45. The molecule has 188 valence electrons. The van der Waals surface area contributed by atoms with E-state index in [-0.39, 0.29) is 25.3 Å². The standard InChI is InChI=1S/C25H22F3N3O5/c26-25(27,28)20-14-19(8-5-17(20)15-29)30-22(34)24(10-1-11-24)31(23(30)35)18-6-2-16(3-7-18)4-9-21(33)36-13-12-32/h2-3,5-8,14,32H,1,4,9-13H2. The summed E-state index contributed by atoms with van der Waals surface area (Å²) in [6.07, 6.45) is -2.96. The Labute approximate surface area is 204 Å². The van der Waals surface area contributed by atoms with Crippen LogP contribution in [-0.4, -0.2) is 41.8 Å². The number of amides is 3. The number of anilines is 2. The number of benzene rings is 2. The van der Waals surface area contributed by atoms with E-state index in [4.69, 9.17) is 15.1 Å². The SMILES string of the molecule is N#Cc1ccc(N2C(=O)N(c3ccc(CCC(=O)OCCO)cc3)C3(CCC3)C2=O)cc1C(F)(F)F. The molecule has 2 aromatic carbocycles. The fourth-order valence-corrected chi connectivity index (χ4v) is 4.50. The van der Waals surface area contributed by atoms with Crippen LogP contribution in [0, 0.1) is 11.3 Å². The van der Waals surface area contributed by atoms with Crippen LogP contribution in [0.2, 0.25) is 0 Å². The Bertz CT molecular complexity index is 1230. The average molecular weight is 501 g/mol. The summed E-state index contributed by atoms with van der Waals surface area (Å²) in [6, 6.07) is 10.2. The number of carbonyl (C=O) groups excluding carboxylic acids is 3. The predicted molar refractivity (Wildman–Crippen MR) is 121 cm³/mol. The smallest absolute Gasteiger partial charge is 0.417 e. The Hall–Kier alpha value is -3.91. The number of alkyl halides is 3. The molecule has 1 spiro atoms. The Balaban J connectivity index is 1.61. The van der Waals surface area contributed by atoms with Gasteiger partial charge in [-0.1, -0.05) is 12.1 Å². The molecule has 36 heavy (non-hydrogen) atoms. The average Bonchev–Trinajstić information content (AvgIpc) is 3.07. The first-order valence-corrected chi connectivity index (χ1v) is 11.3. The highest BCUT2D eigenvalue weighted by Crippen LogP contribution is 2.48. The minimum absolute atomic E-state index is 0.0782. The van der Waals surface area contributed by atoms with Crippen LogP contribution >= 0.6 is 0 Å². The van der Waals surface area contributed by atoms with Crippen LogP contribution in [0.3, 0.4) is 0 Å². The van der Waals surface area contributed by atoms with E-state index >= 15 is 0 Å². The number of hydrogen-bond acceptors (Lipinski definition) is 6. The van der Waals surface area contributed by atoms with Gasteiger partial charge in [-0.05, 0) is 61.6 Å². The second kappa shape index (κ2) is 9.62. The summed E-state index contributed by atoms with van der Waals surface area (Å²) in [5.41, 5.74) is -2.06. The summed E-state index contributed by atoms with van der Waals surface area (Å²) in [6.45, 7) is -0.340. The van der Waals surface area contributed by atoms with Gasteiger partial charge in [-0.15, -0.1) is 0 Å². The van der Waals surface area contributed by atoms with E-state index in [1.54, 1.807) is 24.3 Å². The van der Waals surface area contributed by atoms with E-state index in [2.05, 4.69) is 0 Å². The lowest BCUT2D eigenvalue weighted by Crippen LogP contribution is -2.55. The number of nitriles is 1. The normalized spacial score (nSPS) is 16.8. The summed E-state index contributed by atoms with van der Waals surface area (Å²) < 4.78 is 45.3. The lowest BCUT2D eigenvalue weighted by atomic mass is 9.75. The zero-order valence-electron chi connectivity index (χ0n) is 19.0. The molecular weight excluding hydrogens is 479 g/mol. The van der Waals surface area contributed by atoms with Crippen LogP contribution in [0.1, 0.15) is 42.4 Å². The number of urea groups is 1. The number of carbonyl (C=O) groups is 3. The quantitative estimate of drug-likeness (QED) is 0.455. The number of esters is 1. The first-order valence-electron chi connectivity index (χ1n) is 11.3. The van der Waals surface area contributed by atoms with Crippen LogP contribution in [0.15, 0.2) is 42.5 Å². The molecule has 1 N–H and O–H groups in total. The van der Waals surface area contributed by atoms with Crippen molar-refractivity contribution < 1.29 is 37.4 Å². The Morgan fingerprint density at radius 2 is 1.78 bits per heavy atom. The number of hydrogen-bond donors (Lipinski definition) is 1. The molecule has 1 aliphatic heterocycles. The highest BCUT2D eigenvalue weighted by molar-refractivity contribution is 6.30. The summed E-state index contributed by atoms with van der Waals surface area (Å²) in [5, 5.41) is 17.8. The van der Waals surface area contributed by atoms with Crippen molar-refractivity contribution >= 4 is 29.3 Å². The Kier molecular flexibility index (Phi) is 6.73. The zero-order chi connectivity index (χ0) is 26.1. The zero-order valence-corrected chi connectivity index (χ0v) is 19.0. The highest BCUT2D eigenvalue weighted by Gasteiger charge is 2.61. The minimum Gasteiger partial charge on any atom is -0.463 e. The molecule has 4 rings (SSSR count). The summed E-state index contributed by atoms with van der Waals surface area (Å²) in [5.74, 6) is -1.06. The molecule has 0 unspecified atom stereocenters. The fraction of sp³-hybridized carbons (Fsp3) is 0.360. The van der Waals surface area contributed by atoms with Crippen LogP contribution in [0.5, 0.6) is 0 Å². The maximum absolute atomic E-state index is 13.5. The van der Waals surface area contributed by atoms with E-state index in [0.29, 0.717) is 37.4 Å². The molecule has 1 saturated carbocycles. The van der Waals surface area contributed by atoms with E-state index in [0.717, 1.165) is 16.5 Å². The van der Waals surface area contributed by atoms with Crippen molar-refractivity contribution in [3.63, 3.8) is 0 Å². The van der Waals surface area contributed by atoms with E-state index in [1.807, 2.05) is 0 Å². The van der Waals surface area contributed by atoms with Gasteiger partial charge in [-0.3, -0.25) is 14.5 Å². The second-order valence-electron chi connectivity index (χ2n) is 8.59. The minimum atomic E-state index is -4.83. The van der Waals surface area contributed by atoms with Crippen LogP contribution in [0.25, 0.3) is 0 Å². The first-order chi connectivity index (χ1) is 17.1.